The molecule has 156 valence electrons. The lowest BCUT2D eigenvalue weighted by Gasteiger charge is -2.40. The average molecular weight is 389 g/mol. The maximum atomic E-state index is 12.8. The van der Waals surface area contributed by atoms with Gasteiger partial charge in [-0.15, -0.1) is 0 Å². The summed E-state index contributed by atoms with van der Waals surface area (Å²) in [4.78, 5) is 22.1. The third-order valence-corrected chi connectivity index (χ3v) is 6.81. The van der Waals surface area contributed by atoms with Crippen LogP contribution in [0, 0.1) is 11.8 Å². The second kappa shape index (κ2) is 9.38. The highest BCUT2D eigenvalue weighted by molar-refractivity contribution is 5.81. The SMILES string of the molecule is CCCCc1noc(CN2CCC([C@H]3CCCCCN3C(=O)C3CC3)CC2)n1. The summed E-state index contributed by atoms with van der Waals surface area (Å²) in [6.07, 6.45) is 12.7. The minimum Gasteiger partial charge on any atom is -0.339 e. The largest absolute Gasteiger partial charge is 0.339 e. The van der Waals surface area contributed by atoms with Crippen LogP contribution in [0.4, 0.5) is 0 Å². The van der Waals surface area contributed by atoms with E-state index < -0.39 is 0 Å². The van der Waals surface area contributed by atoms with Crippen molar-refractivity contribution >= 4 is 5.91 Å². The summed E-state index contributed by atoms with van der Waals surface area (Å²) in [5, 5.41) is 4.11. The Hall–Kier alpha value is -1.43. The summed E-state index contributed by atoms with van der Waals surface area (Å²) in [7, 11) is 0. The molecule has 3 aliphatic rings. The molecule has 0 radical (unpaired) electrons. The summed E-state index contributed by atoms with van der Waals surface area (Å²) in [6, 6.07) is 0.474. The predicted octanol–water partition coefficient (Wildman–Crippen LogP) is 3.81. The Labute approximate surface area is 169 Å². The van der Waals surface area contributed by atoms with Crippen molar-refractivity contribution in [1.82, 2.24) is 19.9 Å². The average Bonchev–Trinajstić information content (AvgIpc) is 3.51. The molecule has 0 aromatic carbocycles. The zero-order valence-corrected chi connectivity index (χ0v) is 17.4. The van der Waals surface area contributed by atoms with Gasteiger partial charge in [0.1, 0.15) is 0 Å². The summed E-state index contributed by atoms with van der Waals surface area (Å²) < 4.78 is 5.45. The molecule has 2 saturated heterocycles. The van der Waals surface area contributed by atoms with Crippen molar-refractivity contribution in [1.29, 1.82) is 0 Å². The lowest BCUT2D eigenvalue weighted by atomic mass is 9.86. The van der Waals surface area contributed by atoms with E-state index in [2.05, 4.69) is 26.9 Å². The molecule has 28 heavy (non-hydrogen) atoms. The van der Waals surface area contributed by atoms with Gasteiger partial charge in [0.05, 0.1) is 6.54 Å². The molecule has 1 amide bonds. The number of likely N-dealkylation sites (tertiary alicyclic amines) is 2. The Bertz CT molecular complexity index is 634. The lowest BCUT2D eigenvalue weighted by molar-refractivity contribution is -0.136. The van der Waals surface area contributed by atoms with E-state index in [1.54, 1.807) is 0 Å². The van der Waals surface area contributed by atoms with Crippen LogP contribution in [0.25, 0.3) is 0 Å². The van der Waals surface area contributed by atoms with E-state index in [0.29, 0.717) is 23.8 Å². The van der Waals surface area contributed by atoms with Crippen molar-refractivity contribution in [2.45, 2.75) is 90.1 Å². The molecular formula is C22H36N4O2. The van der Waals surface area contributed by atoms with Crippen LogP contribution in [-0.2, 0) is 17.8 Å². The first-order chi connectivity index (χ1) is 13.7. The molecule has 1 atom stereocenters. The highest BCUT2D eigenvalue weighted by Gasteiger charge is 2.39. The minimum absolute atomic E-state index is 0.347. The summed E-state index contributed by atoms with van der Waals surface area (Å²) >= 11 is 0. The number of rotatable bonds is 7. The van der Waals surface area contributed by atoms with Gasteiger partial charge in [0.25, 0.3) is 0 Å². The number of aryl methyl sites for hydroxylation is 1. The van der Waals surface area contributed by atoms with E-state index >= 15 is 0 Å². The number of hydrogen-bond acceptors (Lipinski definition) is 5. The summed E-state index contributed by atoms with van der Waals surface area (Å²) in [6.45, 7) is 6.07. The molecule has 0 bridgehead atoms. The first-order valence-corrected chi connectivity index (χ1v) is 11.6. The highest BCUT2D eigenvalue weighted by atomic mass is 16.5. The van der Waals surface area contributed by atoms with Crippen molar-refractivity contribution in [3.63, 3.8) is 0 Å². The number of nitrogens with zero attached hydrogens (tertiary/aromatic N) is 4. The van der Waals surface area contributed by atoms with Gasteiger partial charge >= 0.3 is 0 Å². The molecule has 0 unspecified atom stereocenters. The third-order valence-electron chi connectivity index (χ3n) is 6.81. The van der Waals surface area contributed by atoms with E-state index in [1.165, 1.54) is 38.5 Å². The van der Waals surface area contributed by atoms with Crippen molar-refractivity contribution < 1.29 is 9.32 Å². The topological polar surface area (TPSA) is 62.5 Å². The molecule has 6 heteroatoms. The zero-order chi connectivity index (χ0) is 19.3. The van der Waals surface area contributed by atoms with Gasteiger partial charge in [-0.25, -0.2) is 0 Å². The van der Waals surface area contributed by atoms with E-state index in [1.807, 2.05) is 0 Å². The lowest BCUT2D eigenvalue weighted by Crippen LogP contribution is -2.48. The fourth-order valence-corrected chi connectivity index (χ4v) is 4.94. The van der Waals surface area contributed by atoms with Crippen molar-refractivity contribution in [3.05, 3.63) is 11.7 Å². The van der Waals surface area contributed by atoms with Crippen molar-refractivity contribution in [2.75, 3.05) is 19.6 Å². The molecule has 2 aliphatic heterocycles. The van der Waals surface area contributed by atoms with Gasteiger partial charge in [0.15, 0.2) is 5.82 Å². The number of unbranched alkanes of at least 4 members (excludes halogenated alkanes) is 1. The molecular weight excluding hydrogens is 352 g/mol. The normalized spacial score (nSPS) is 25.0. The van der Waals surface area contributed by atoms with Gasteiger partial charge < -0.3 is 9.42 Å². The van der Waals surface area contributed by atoms with Crippen LogP contribution in [0.1, 0.15) is 82.8 Å². The van der Waals surface area contributed by atoms with Crippen LogP contribution < -0.4 is 0 Å². The number of piperidine rings is 1. The van der Waals surface area contributed by atoms with Crippen LogP contribution in [-0.4, -0.2) is 51.5 Å². The van der Waals surface area contributed by atoms with Crippen LogP contribution >= 0.6 is 0 Å². The Balaban J connectivity index is 1.29. The molecule has 1 saturated carbocycles. The van der Waals surface area contributed by atoms with Gasteiger partial charge in [-0.1, -0.05) is 31.3 Å². The van der Waals surface area contributed by atoms with E-state index in [-0.39, 0.29) is 0 Å². The first-order valence-electron chi connectivity index (χ1n) is 11.6. The quantitative estimate of drug-likeness (QED) is 0.711. The molecule has 4 rings (SSSR count). The Kier molecular flexibility index (Phi) is 6.65. The molecule has 0 spiro atoms. The fourth-order valence-electron chi connectivity index (χ4n) is 4.94. The van der Waals surface area contributed by atoms with Gasteiger partial charge in [0.2, 0.25) is 11.8 Å². The van der Waals surface area contributed by atoms with Crippen LogP contribution in [0.15, 0.2) is 4.52 Å². The van der Waals surface area contributed by atoms with E-state index in [4.69, 9.17) is 4.52 Å². The molecule has 3 heterocycles. The minimum atomic E-state index is 0.347. The van der Waals surface area contributed by atoms with Gasteiger partial charge in [0, 0.05) is 24.9 Å². The Morgan fingerprint density at radius 1 is 1.07 bits per heavy atom. The first kappa shape index (κ1) is 19.9. The maximum Gasteiger partial charge on any atom is 0.240 e. The van der Waals surface area contributed by atoms with E-state index in [9.17, 15) is 4.79 Å². The second-order valence-electron chi connectivity index (χ2n) is 9.04. The predicted molar refractivity (Wildman–Crippen MR) is 108 cm³/mol. The molecule has 0 N–H and O–H groups in total. The monoisotopic (exact) mass is 388 g/mol. The molecule has 6 nitrogen and oxygen atoms in total. The smallest absolute Gasteiger partial charge is 0.240 e. The Morgan fingerprint density at radius 2 is 1.89 bits per heavy atom. The number of amides is 1. The Morgan fingerprint density at radius 3 is 2.64 bits per heavy atom. The number of carbonyl (C=O) groups is 1. The molecule has 3 fully saturated rings. The summed E-state index contributed by atoms with van der Waals surface area (Å²) in [5.74, 6) is 3.06. The van der Waals surface area contributed by atoms with Gasteiger partial charge in [-0.05, 0) is 64.0 Å². The zero-order valence-electron chi connectivity index (χ0n) is 17.4. The van der Waals surface area contributed by atoms with Crippen molar-refractivity contribution in [3.8, 4) is 0 Å². The molecule has 1 aliphatic carbocycles. The van der Waals surface area contributed by atoms with Crippen LogP contribution in [0.2, 0.25) is 0 Å². The van der Waals surface area contributed by atoms with Gasteiger partial charge in [-0.2, -0.15) is 4.98 Å². The maximum absolute atomic E-state index is 12.8. The van der Waals surface area contributed by atoms with Crippen LogP contribution in [0.3, 0.4) is 0 Å². The van der Waals surface area contributed by atoms with Crippen LogP contribution in [0.5, 0.6) is 0 Å². The number of aromatic nitrogens is 2. The standard InChI is InChI=1S/C22H36N4O2/c1-2-3-8-20-23-21(28-24-20)16-25-14-11-17(12-15-25)19-7-5-4-6-13-26(19)22(27)18-9-10-18/h17-19H,2-16H2,1H3/t19-/m1/s1. The number of hydrogen-bond donors (Lipinski definition) is 0. The molecule has 1 aromatic heterocycles. The van der Waals surface area contributed by atoms with Crippen molar-refractivity contribution in [2.24, 2.45) is 11.8 Å². The van der Waals surface area contributed by atoms with E-state index in [0.717, 1.165) is 70.0 Å². The summed E-state index contributed by atoms with van der Waals surface area (Å²) in [5.41, 5.74) is 0. The highest BCUT2D eigenvalue weighted by Crippen LogP contribution is 2.36. The van der Waals surface area contributed by atoms with Gasteiger partial charge in [-0.3, -0.25) is 9.69 Å². The number of carbonyl (C=O) groups excluding carboxylic acids is 1. The fraction of sp³-hybridized carbons (Fsp3) is 0.864. The molecule has 1 aromatic rings. The second-order valence-corrected chi connectivity index (χ2v) is 9.04. The third kappa shape index (κ3) is 4.94.